The molecule has 1 atom stereocenters. The number of methoxy groups -OCH3 is 1. The summed E-state index contributed by atoms with van der Waals surface area (Å²) in [6.07, 6.45) is 0. The van der Waals surface area contributed by atoms with Crippen molar-refractivity contribution in [2.24, 2.45) is 0 Å². The van der Waals surface area contributed by atoms with Crippen LogP contribution in [-0.2, 0) is 9.53 Å². The van der Waals surface area contributed by atoms with Gasteiger partial charge in [-0.25, -0.2) is 4.79 Å². The molecule has 0 saturated carbocycles. The van der Waals surface area contributed by atoms with Crippen LogP contribution in [-0.4, -0.2) is 13.1 Å². The van der Waals surface area contributed by atoms with Crippen molar-refractivity contribution in [2.75, 3.05) is 12.4 Å². The third-order valence-corrected chi connectivity index (χ3v) is 3.37. The Hall–Kier alpha value is -2.55. The van der Waals surface area contributed by atoms with Gasteiger partial charge >= 0.3 is 5.97 Å². The van der Waals surface area contributed by atoms with Gasteiger partial charge in [0.15, 0.2) is 0 Å². The Balaban J connectivity index is 2.35. The maximum atomic E-state index is 11.8. The van der Waals surface area contributed by atoms with Crippen LogP contribution in [0.15, 0.2) is 66.7 Å². The summed E-state index contributed by atoms with van der Waals surface area (Å²) in [6, 6.07) is 17.4. The number of hydrogen-bond acceptors (Lipinski definition) is 3. The Bertz CT molecular complexity index is 635. The second-order valence-electron chi connectivity index (χ2n) is 4.82. The van der Waals surface area contributed by atoms with Crippen molar-refractivity contribution in [1.29, 1.82) is 0 Å². The van der Waals surface area contributed by atoms with Crippen molar-refractivity contribution in [3.63, 3.8) is 0 Å². The third-order valence-electron chi connectivity index (χ3n) is 3.37. The van der Waals surface area contributed by atoms with Crippen LogP contribution >= 0.6 is 0 Å². The molecular formula is C18H19NO2. The molecule has 0 heterocycles. The summed E-state index contributed by atoms with van der Waals surface area (Å²) in [5.74, 6) is -0.412. The van der Waals surface area contributed by atoms with Crippen molar-refractivity contribution in [3.8, 4) is 0 Å². The zero-order valence-corrected chi connectivity index (χ0v) is 12.3. The number of rotatable bonds is 5. The first-order valence-corrected chi connectivity index (χ1v) is 6.77. The number of anilines is 1. The average molecular weight is 281 g/mol. The lowest BCUT2D eigenvalue weighted by molar-refractivity contribution is -0.136. The molecule has 3 heteroatoms. The van der Waals surface area contributed by atoms with E-state index in [1.54, 1.807) is 0 Å². The Morgan fingerprint density at radius 1 is 1.10 bits per heavy atom. The van der Waals surface area contributed by atoms with Crippen LogP contribution in [0.1, 0.15) is 17.2 Å². The SMILES string of the molecule is C=C(C(=O)OC)[C@H](Nc1ccccc1C)c1ccccc1. The second kappa shape index (κ2) is 6.75. The van der Waals surface area contributed by atoms with Gasteiger partial charge in [0, 0.05) is 5.69 Å². The van der Waals surface area contributed by atoms with Crippen LogP contribution in [0.5, 0.6) is 0 Å². The molecule has 3 nitrogen and oxygen atoms in total. The predicted octanol–water partition coefficient (Wildman–Crippen LogP) is 3.88. The molecular weight excluding hydrogens is 262 g/mol. The Kier molecular flexibility index (Phi) is 4.77. The molecule has 2 aromatic rings. The smallest absolute Gasteiger partial charge is 0.335 e. The monoisotopic (exact) mass is 281 g/mol. The number of carbonyl (C=O) groups is 1. The van der Waals surface area contributed by atoms with Crippen molar-refractivity contribution in [3.05, 3.63) is 77.9 Å². The minimum Gasteiger partial charge on any atom is -0.466 e. The molecule has 2 rings (SSSR count). The zero-order chi connectivity index (χ0) is 15.2. The number of hydrogen-bond donors (Lipinski definition) is 1. The number of benzene rings is 2. The molecule has 0 aliphatic carbocycles. The van der Waals surface area contributed by atoms with Crippen molar-refractivity contribution < 1.29 is 9.53 Å². The highest BCUT2D eigenvalue weighted by Gasteiger charge is 2.21. The minimum absolute atomic E-state index is 0.320. The summed E-state index contributed by atoms with van der Waals surface area (Å²) in [6.45, 7) is 5.91. The number of esters is 1. The van der Waals surface area contributed by atoms with Crippen molar-refractivity contribution >= 4 is 11.7 Å². The van der Waals surface area contributed by atoms with Gasteiger partial charge in [0.2, 0.25) is 0 Å². The van der Waals surface area contributed by atoms with E-state index in [1.165, 1.54) is 7.11 Å². The van der Waals surface area contributed by atoms with Gasteiger partial charge in [-0.2, -0.15) is 0 Å². The highest BCUT2D eigenvalue weighted by Crippen LogP contribution is 2.27. The molecule has 0 fully saturated rings. The summed E-state index contributed by atoms with van der Waals surface area (Å²) in [5, 5.41) is 3.38. The standard InChI is InChI=1S/C18H19NO2/c1-13-9-7-8-12-16(13)19-17(14(2)18(20)21-3)15-10-5-4-6-11-15/h4-12,17,19H,2H2,1,3H3/t17-/m0/s1. The number of carbonyl (C=O) groups excluding carboxylic acids is 1. The molecule has 0 aliphatic rings. The fraction of sp³-hybridized carbons (Fsp3) is 0.167. The molecule has 0 amide bonds. The van der Waals surface area contributed by atoms with Crippen molar-refractivity contribution in [1.82, 2.24) is 0 Å². The molecule has 2 aromatic carbocycles. The number of ether oxygens (including phenoxy) is 1. The molecule has 0 bridgehead atoms. The lowest BCUT2D eigenvalue weighted by Crippen LogP contribution is -2.19. The lowest BCUT2D eigenvalue weighted by Gasteiger charge is -2.22. The molecule has 0 radical (unpaired) electrons. The molecule has 0 aliphatic heterocycles. The summed E-state index contributed by atoms with van der Waals surface area (Å²) >= 11 is 0. The summed E-state index contributed by atoms with van der Waals surface area (Å²) in [4.78, 5) is 11.8. The summed E-state index contributed by atoms with van der Waals surface area (Å²) in [7, 11) is 1.36. The fourth-order valence-electron chi connectivity index (χ4n) is 2.16. The van der Waals surface area contributed by atoms with E-state index in [2.05, 4.69) is 11.9 Å². The highest BCUT2D eigenvalue weighted by atomic mass is 16.5. The van der Waals surface area contributed by atoms with Gasteiger partial charge < -0.3 is 10.1 Å². The van der Waals surface area contributed by atoms with E-state index in [9.17, 15) is 4.79 Å². The molecule has 0 aromatic heterocycles. The van der Waals surface area contributed by atoms with E-state index in [-0.39, 0.29) is 6.04 Å². The van der Waals surface area contributed by atoms with Gasteiger partial charge in [0.25, 0.3) is 0 Å². The van der Waals surface area contributed by atoms with Crippen molar-refractivity contribution in [2.45, 2.75) is 13.0 Å². The van der Waals surface area contributed by atoms with Gasteiger partial charge in [-0.1, -0.05) is 55.1 Å². The topological polar surface area (TPSA) is 38.3 Å². The van der Waals surface area contributed by atoms with Crippen LogP contribution in [0, 0.1) is 6.92 Å². The van der Waals surface area contributed by atoms with Gasteiger partial charge in [0.1, 0.15) is 0 Å². The van der Waals surface area contributed by atoms with Crippen LogP contribution in [0.3, 0.4) is 0 Å². The number of aryl methyl sites for hydroxylation is 1. The van der Waals surface area contributed by atoms with Crippen LogP contribution in [0.25, 0.3) is 0 Å². The van der Waals surface area contributed by atoms with Crippen LogP contribution in [0.4, 0.5) is 5.69 Å². The molecule has 1 N–H and O–H groups in total. The van der Waals surface area contributed by atoms with E-state index >= 15 is 0 Å². The maximum absolute atomic E-state index is 11.8. The van der Waals surface area contributed by atoms with Gasteiger partial charge in [0.05, 0.1) is 18.7 Å². The Morgan fingerprint density at radius 2 is 1.71 bits per heavy atom. The number of nitrogens with one attached hydrogen (secondary N) is 1. The minimum atomic E-state index is -0.412. The maximum Gasteiger partial charge on any atom is 0.335 e. The van der Waals surface area contributed by atoms with E-state index in [4.69, 9.17) is 4.74 Å². The summed E-state index contributed by atoms with van der Waals surface area (Å²) in [5.41, 5.74) is 3.43. The molecule has 0 spiro atoms. The van der Waals surface area contributed by atoms with E-state index in [0.717, 1.165) is 16.8 Å². The van der Waals surface area contributed by atoms with Gasteiger partial charge in [-0.15, -0.1) is 0 Å². The van der Waals surface area contributed by atoms with Gasteiger partial charge in [-0.3, -0.25) is 0 Å². The van der Waals surface area contributed by atoms with Gasteiger partial charge in [-0.05, 0) is 24.1 Å². The van der Waals surface area contributed by atoms with Crippen LogP contribution in [0.2, 0.25) is 0 Å². The number of para-hydroxylation sites is 1. The first kappa shape index (κ1) is 14.9. The predicted molar refractivity (Wildman–Crippen MR) is 85.1 cm³/mol. The van der Waals surface area contributed by atoms with E-state index in [1.807, 2.05) is 61.5 Å². The highest BCUT2D eigenvalue weighted by molar-refractivity contribution is 5.90. The van der Waals surface area contributed by atoms with Crippen LogP contribution < -0.4 is 5.32 Å². The third kappa shape index (κ3) is 3.51. The molecule has 108 valence electrons. The largest absolute Gasteiger partial charge is 0.466 e. The molecule has 0 saturated heterocycles. The Labute approximate surface area is 125 Å². The summed E-state index contributed by atoms with van der Waals surface area (Å²) < 4.78 is 4.80. The first-order valence-electron chi connectivity index (χ1n) is 6.77. The second-order valence-corrected chi connectivity index (χ2v) is 4.82. The zero-order valence-electron chi connectivity index (χ0n) is 12.3. The first-order chi connectivity index (χ1) is 10.1. The van der Waals surface area contributed by atoms with E-state index < -0.39 is 5.97 Å². The molecule has 21 heavy (non-hydrogen) atoms. The van der Waals surface area contributed by atoms with E-state index in [0.29, 0.717) is 5.57 Å². The normalized spacial score (nSPS) is 11.5. The average Bonchev–Trinajstić information content (AvgIpc) is 2.53. The molecule has 0 unspecified atom stereocenters. The quantitative estimate of drug-likeness (QED) is 0.667. The lowest BCUT2D eigenvalue weighted by atomic mass is 9.99. The fourth-order valence-corrected chi connectivity index (χ4v) is 2.16. The Morgan fingerprint density at radius 3 is 2.33 bits per heavy atom.